The van der Waals surface area contributed by atoms with E-state index in [0.717, 1.165) is 33.8 Å². The Labute approximate surface area is 157 Å². The first-order chi connectivity index (χ1) is 12.1. The number of amides is 1. The average Bonchev–Trinajstić information content (AvgIpc) is 3.11. The van der Waals surface area contributed by atoms with Gasteiger partial charge in [-0.15, -0.1) is 12.4 Å². The Hall–Kier alpha value is -2.79. The zero-order valence-corrected chi connectivity index (χ0v) is 15.6. The molecular formula is C20H21ClN4O. The van der Waals surface area contributed by atoms with E-state index in [1.807, 2.05) is 19.2 Å². The highest BCUT2D eigenvalue weighted by Crippen LogP contribution is 2.30. The number of nitrogens with zero attached hydrogens (tertiary/aromatic N) is 3. The van der Waals surface area contributed by atoms with Crippen LogP contribution in [0.1, 0.15) is 17.7 Å². The van der Waals surface area contributed by atoms with Crippen molar-refractivity contribution in [2.24, 2.45) is 12.8 Å². The molecule has 0 radical (unpaired) electrons. The van der Waals surface area contributed by atoms with Crippen molar-refractivity contribution in [3.63, 3.8) is 0 Å². The lowest BCUT2D eigenvalue weighted by Gasteiger charge is -2.05. The van der Waals surface area contributed by atoms with Crippen LogP contribution in [0.2, 0.25) is 0 Å². The van der Waals surface area contributed by atoms with E-state index in [9.17, 15) is 4.79 Å². The van der Waals surface area contributed by atoms with Gasteiger partial charge in [-0.2, -0.15) is 0 Å². The van der Waals surface area contributed by atoms with E-state index in [1.165, 1.54) is 5.56 Å². The zero-order valence-electron chi connectivity index (χ0n) is 14.8. The molecule has 0 spiro atoms. The lowest BCUT2D eigenvalue weighted by atomic mass is 10.1. The summed E-state index contributed by atoms with van der Waals surface area (Å²) in [6.45, 7) is 2.06. The highest BCUT2D eigenvalue weighted by Gasteiger charge is 2.19. The number of rotatable bonds is 4. The Morgan fingerprint density at radius 1 is 1.08 bits per heavy atom. The van der Waals surface area contributed by atoms with Gasteiger partial charge in [-0.3, -0.25) is 9.20 Å². The summed E-state index contributed by atoms with van der Waals surface area (Å²) in [5, 5.41) is 0. The first kappa shape index (κ1) is 18.0. The Bertz CT molecular complexity index is 1090. The van der Waals surface area contributed by atoms with E-state index in [-0.39, 0.29) is 18.3 Å². The molecular weight excluding hydrogens is 348 g/mol. The average molecular weight is 369 g/mol. The smallest absolute Gasteiger partial charge is 0.217 e. The molecule has 0 unspecified atom stereocenters. The van der Waals surface area contributed by atoms with Crippen LogP contribution >= 0.6 is 12.4 Å². The summed E-state index contributed by atoms with van der Waals surface area (Å²) >= 11 is 0. The van der Waals surface area contributed by atoms with E-state index < -0.39 is 0 Å². The van der Waals surface area contributed by atoms with Crippen molar-refractivity contribution in [2.45, 2.75) is 19.8 Å². The Kier molecular flexibility index (Phi) is 4.74. The molecule has 0 aliphatic carbocycles. The second-order valence-electron chi connectivity index (χ2n) is 6.42. The van der Waals surface area contributed by atoms with Crippen LogP contribution in [0.4, 0.5) is 0 Å². The number of para-hydroxylation sites is 2. The molecule has 1 amide bonds. The molecule has 0 aliphatic heterocycles. The third-order valence-corrected chi connectivity index (χ3v) is 4.67. The second-order valence-corrected chi connectivity index (χ2v) is 6.42. The molecule has 4 aromatic rings. The van der Waals surface area contributed by atoms with Crippen LogP contribution in [-0.2, 0) is 18.3 Å². The van der Waals surface area contributed by atoms with Gasteiger partial charge < -0.3 is 10.3 Å². The van der Waals surface area contributed by atoms with Crippen molar-refractivity contribution in [2.75, 3.05) is 0 Å². The first-order valence-corrected chi connectivity index (χ1v) is 8.36. The molecule has 26 heavy (non-hydrogen) atoms. The van der Waals surface area contributed by atoms with Gasteiger partial charge in [0.25, 0.3) is 0 Å². The molecule has 0 bridgehead atoms. The predicted octanol–water partition coefficient (Wildman–Crippen LogP) is 3.64. The molecule has 0 atom stereocenters. The minimum absolute atomic E-state index is 0. The van der Waals surface area contributed by atoms with Crippen LogP contribution < -0.4 is 5.73 Å². The number of fused-ring (bicyclic) bond motifs is 3. The third-order valence-electron chi connectivity index (χ3n) is 4.67. The standard InChI is InChI=1S/C20H20N4O.ClH/c1-13-7-9-14(10-8-13)19-17(11-12-18(21)25)24-16-6-4-3-5-15(16)23(2)20(24)22-19;/h3-10H,11-12H2,1-2H3,(H2,21,25);1H. The van der Waals surface area contributed by atoms with Gasteiger partial charge in [0.1, 0.15) is 0 Å². The van der Waals surface area contributed by atoms with Crippen molar-refractivity contribution in [3.8, 4) is 11.3 Å². The van der Waals surface area contributed by atoms with Crippen molar-refractivity contribution >= 4 is 35.1 Å². The fourth-order valence-corrected chi connectivity index (χ4v) is 3.38. The number of imidazole rings is 2. The number of primary amides is 1. The zero-order chi connectivity index (χ0) is 17.6. The molecule has 0 fully saturated rings. The van der Waals surface area contributed by atoms with Crippen molar-refractivity contribution in [3.05, 3.63) is 59.8 Å². The van der Waals surface area contributed by atoms with Gasteiger partial charge in [-0.05, 0) is 25.5 Å². The number of halogens is 1. The number of benzene rings is 2. The van der Waals surface area contributed by atoms with Gasteiger partial charge in [0.05, 0.1) is 22.4 Å². The van der Waals surface area contributed by atoms with Crippen molar-refractivity contribution in [1.29, 1.82) is 0 Å². The number of hydrogen-bond donors (Lipinski definition) is 1. The Morgan fingerprint density at radius 2 is 1.73 bits per heavy atom. The van der Waals surface area contributed by atoms with E-state index in [2.05, 4.69) is 52.3 Å². The summed E-state index contributed by atoms with van der Waals surface area (Å²) in [4.78, 5) is 16.3. The molecule has 0 saturated carbocycles. The van der Waals surface area contributed by atoms with Crippen LogP contribution in [0.5, 0.6) is 0 Å². The molecule has 2 heterocycles. The van der Waals surface area contributed by atoms with E-state index >= 15 is 0 Å². The van der Waals surface area contributed by atoms with Gasteiger partial charge in [0.15, 0.2) is 0 Å². The summed E-state index contributed by atoms with van der Waals surface area (Å²) < 4.78 is 4.23. The molecule has 2 N–H and O–H groups in total. The molecule has 6 heteroatoms. The summed E-state index contributed by atoms with van der Waals surface area (Å²) in [5.74, 6) is 0.571. The molecule has 2 aromatic carbocycles. The number of aromatic nitrogens is 3. The van der Waals surface area contributed by atoms with Crippen molar-refractivity contribution < 1.29 is 4.79 Å². The third kappa shape index (κ3) is 2.84. The van der Waals surface area contributed by atoms with Crippen LogP contribution in [-0.4, -0.2) is 19.9 Å². The molecule has 2 aromatic heterocycles. The lowest BCUT2D eigenvalue weighted by molar-refractivity contribution is -0.118. The maximum atomic E-state index is 11.4. The molecule has 0 aliphatic rings. The molecule has 4 rings (SSSR count). The minimum atomic E-state index is -0.301. The maximum absolute atomic E-state index is 11.4. The highest BCUT2D eigenvalue weighted by atomic mass is 35.5. The second kappa shape index (κ2) is 6.84. The SMILES string of the molecule is Cc1ccc(-c2nc3n(C)c4ccccc4n3c2CCC(N)=O)cc1.Cl. The molecule has 5 nitrogen and oxygen atoms in total. The molecule has 134 valence electrons. The first-order valence-electron chi connectivity index (χ1n) is 8.36. The number of aryl methyl sites for hydroxylation is 3. The van der Waals surface area contributed by atoms with Gasteiger partial charge in [0.2, 0.25) is 11.7 Å². The van der Waals surface area contributed by atoms with Crippen LogP contribution in [0, 0.1) is 6.92 Å². The van der Waals surface area contributed by atoms with Crippen LogP contribution in [0.25, 0.3) is 28.1 Å². The Balaban J connectivity index is 0.00000196. The summed E-state index contributed by atoms with van der Waals surface area (Å²) in [6, 6.07) is 16.5. The van der Waals surface area contributed by atoms with Gasteiger partial charge in [0, 0.05) is 19.0 Å². The number of hydrogen-bond acceptors (Lipinski definition) is 2. The van der Waals surface area contributed by atoms with Crippen LogP contribution in [0.3, 0.4) is 0 Å². The van der Waals surface area contributed by atoms with Gasteiger partial charge in [-0.1, -0.05) is 42.0 Å². The largest absolute Gasteiger partial charge is 0.370 e. The Morgan fingerprint density at radius 3 is 2.38 bits per heavy atom. The normalized spacial score (nSPS) is 11.0. The summed E-state index contributed by atoms with van der Waals surface area (Å²) in [6.07, 6.45) is 0.865. The molecule has 0 saturated heterocycles. The van der Waals surface area contributed by atoms with Gasteiger partial charge in [-0.25, -0.2) is 4.98 Å². The fourth-order valence-electron chi connectivity index (χ4n) is 3.38. The number of nitrogens with two attached hydrogens (primary N) is 1. The predicted molar refractivity (Wildman–Crippen MR) is 107 cm³/mol. The quantitative estimate of drug-likeness (QED) is 0.597. The highest BCUT2D eigenvalue weighted by molar-refractivity contribution is 5.85. The summed E-state index contributed by atoms with van der Waals surface area (Å²) in [5.41, 5.74) is 11.8. The van der Waals surface area contributed by atoms with E-state index in [0.29, 0.717) is 12.8 Å². The topological polar surface area (TPSA) is 65.3 Å². The van der Waals surface area contributed by atoms with E-state index in [1.54, 1.807) is 0 Å². The van der Waals surface area contributed by atoms with Crippen molar-refractivity contribution in [1.82, 2.24) is 14.0 Å². The van der Waals surface area contributed by atoms with E-state index in [4.69, 9.17) is 10.7 Å². The minimum Gasteiger partial charge on any atom is -0.370 e. The van der Waals surface area contributed by atoms with Gasteiger partial charge >= 0.3 is 0 Å². The lowest BCUT2D eigenvalue weighted by Crippen LogP contribution is -2.12. The maximum Gasteiger partial charge on any atom is 0.217 e. The number of carbonyl (C=O) groups is 1. The summed E-state index contributed by atoms with van der Waals surface area (Å²) in [7, 11) is 2.02. The fraction of sp³-hybridized carbons (Fsp3) is 0.200. The monoisotopic (exact) mass is 368 g/mol. The number of carbonyl (C=O) groups excluding carboxylic acids is 1. The van der Waals surface area contributed by atoms with Crippen LogP contribution in [0.15, 0.2) is 48.5 Å².